The van der Waals surface area contributed by atoms with Crippen LogP contribution in [0.4, 0.5) is 0 Å². The van der Waals surface area contributed by atoms with Gasteiger partial charge in [-0.3, -0.25) is 4.79 Å². The van der Waals surface area contributed by atoms with Crippen molar-refractivity contribution < 1.29 is 19.4 Å². The number of carboxylic acids is 1. The van der Waals surface area contributed by atoms with Crippen molar-refractivity contribution in [3.8, 4) is 0 Å². The van der Waals surface area contributed by atoms with Crippen LogP contribution in [-0.4, -0.2) is 30.7 Å². The minimum atomic E-state index is -1.16. The monoisotopic (exact) mass is 360 g/mol. The summed E-state index contributed by atoms with van der Waals surface area (Å²) in [5.41, 5.74) is 6.40. The van der Waals surface area contributed by atoms with E-state index in [1.165, 1.54) is 19.4 Å². The van der Waals surface area contributed by atoms with Gasteiger partial charge in [0.1, 0.15) is 0 Å². The highest BCUT2D eigenvalue weighted by atomic mass is 35.5. The molecule has 8 heteroatoms. The van der Waals surface area contributed by atoms with Crippen LogP contribution in [0.2, 0.25) is 10.0 Å². The summed E-state index contributed by atoms with van der Waals surface area (Å²) < 4.78 is 4.51. The minimum absolute atomic E-state index is 0.0488. The van der Waals surface area contributed by atoms with Gasteiger partial charge in [-0.2, -0.15) is 0 Å². The van der Waals surface area contributed by atoms with Crippen molar-refractivity contribution in [3.05, 3.63) is 45.6 Å². The van der Waals surface area contributed by atoms with Gasteiger partial charge < -0.3 is 20.9 Å². The molecule has 1 atom stereocenters. The number of hydrogen-bond acceptors (Lipinski definition) is 5. The first-order valence-corrected chi connectivity index (χ1v) is 7.56. The van der Waals surface area contributed by atoms with E-state index in [0.717, 1.165) is 0 Å². The van der Waals surface area contributed by atoms with Crippen LogP contribution in [0.5, 0.6) is 0 Å². The molecular formula is C15H18Cl2N2O4. The maximum absolute atomic E-state index is 11.4. The van der Waals surface area contributed by atoms with Crippen LogP contribution in [0, 0.1) is 0 Å². The molecule has 4 N–H and O–H groups in total. The number of carbonyl (C=O) groups is 2. The maximum Gasteiger partial charge on any atom is 0.334 e. The lowest BCUT2D eigenvalue weighted by Crippen LogP contribution is -2.22. The number of methoxy groups -OCH3 is 1. The third-order valence-corrected chi connectivity index (χ3v) is 3.63. The molecule has 0 aliphatic carbocycles. The van der Waals surface area contributed by atoms with Gasteiger partial charge in [0.15, 0.2) is 0 Å². The van der Waals surface area contributed by atoms with E-state index < -0.39 is 12.0 Å². The van der Waals surface area contributed by atoms with Crippen LogP contribution in [0.3, 0.4) is 0 Å². The van der Waals surface area contributed by atoms with Gasteiger partial charge in [-0.1, -0.05) is 29.3 Å². The third-order valence-electron chi connectivity index (χ3n) is 3.07. The van der Waals surface area contributed by atoms with Gasteiger partial charge in [0, 0.05) is 29.2 Å². The Morgan fingerprint density at radius 3 is 2.70 bits per heavy atom. The standard InChI is InChI=1S/C15H18Cl2N2O4/c1-23-13(20)3-2-6-19-8-11(15(21)22)14(18)10-5-4-9(16)7-12(10)17/h4-5,7-8,14,19H,2-3,6,18H2,1H3,(H,21,22)/b11-8+. The molecule has 0 spiro atoms. The van der Waals surface area contributed by atoms with E-state index in [-0.39, 0.29) is 18.0 Å². The predicted molar refractivity (Wildman–Crippen MR) is 88.4 cm³/mol. The van der Waals surface area contributed by atoms with Crippen molar-refractivity contribution in [2.75, 3.05) is 13.7 Å². The van der Waals surface area contributed by atoms with Gasteiger partial charge in [0.25, 0.3) is 0 Å². The normalized spacial score (nSPS) is 12.6. The number of carbonyl (C=O) groups excluding carboxylic acids is 1. The van der Waals surface area contributed by atoms with E-state index >= 15 is 0 Å². The Kier molecular flexibility index (Phi) is 7.88. The number of aliphatic carboxylic acids is 1. The van der Waals surface area contributed by atoms with E-state index in [2.05, 4.69) is 10.1 Å². The Hall–Kier alpha value is -1.76. The fraction of sp³-hybridized carbons (Fsp3) is 0.333. The molecule has 0 fully saturated rings. The molecule has 23 heavy (non-hydrogen) atoms. The number of hydrogen-bond donors (Lipinski definition) is 3. The second kappa shape index (κ2) is 9.39. The van der Waals surface area contributed by atoms with Gasteiger partial charge in [-0.25, -0.2) is 4.79 Å². The summed E-state index contributed by atoms with van der Waals surface area (Å²) in [5, 5.41) is 12.9. The van der Waals surface area contributed by atoms with Crippen LogP contribution in [-0.2, 0) is 14.3 Å². The summed E-state index contributed by atoms with van der Waals surface area (Å²) in [5.74, 6) is -1.48. The SMILES string of the molecule is COC(=O)CCCN/C=C(/C(=O)O)C(N)c1ccc(Cl)cc1Cl. The lowest BCUT2D eigenvalue weighted by Gasteiger charge is -2.15. The summed E-state index contributed by atoms with van der Waals surface area (Å²) in [7, 11) is 1.31. The van der Waals surface area contributed by atoms with Crippen LogP contribution >= 0.6 is 23.2 Å². The molecule has 0 bridgehead atoms. The van der Waals surface area contributed by atoms with Gasteiger partial charge in [-0.15, -0.1) is 0 Å². The Balaban J connectivity index is 2.75. The second-order valence-electron chi connectivity index (χ2n) is 4.68. The molecule has 0 aliphatic heterocycles. The number of rotatable bonds is 8. The fourth-order valence-electron chi connectivity index (χ4n) is 1.82. The van der Waals surface area contributed by atoms with Gasteiger partial charge >= 0.3 is 11.9 Å². The zero-order valence-corrected chi connectivity index (χ0v) is 14.0. The number of benzene rings is 1. The lowest BCUT2D eigenvalue weighted by atomic mass is 10.0. The predicted octanol–water partition coefficient (Wildman–Crippen LogP) is 2.50. The van der Waals surface area contributed by atoms with Crippen molar-refractivity contribution in [2.24, 2.45) is 5.73 Å². The van der Waals surface area contributed by atoms with Crippen molar-refractivity contribution in [2.45, 2.75) is 18.9 Å². The molecule has 0 saturated heterocycles. The topological polar surface area (TPSA) is 102 Å². The smallest absolute Gasteiger partial charge is 0.334 e. The average molecular weight is 361 g/mol. The number of carboxylic acid groups (broad SMARTS) is 1. The van der Waals surface area contributed by atoms with Gasteiger partial charge in [0.2, 0.25) is 0 Å². The molecule has 0 radical (unpaired) electrons. The van der Waals surface area contributed by atoms with E-state index in [1.807, 2.05) is 0 Å². The molecule has 0 aromatic heterocycles. The first kappa shape index (κ1) is 19.3. The number of esters is 1. The molecule has 1 unspecified atom stereocenters. The summed E-state index contributed by atoms with van der Waals surface area (Å²) >= 11 is 11.9. The van der Waals surface area contributed by atoms with E-state index in [1.54, 1.807) is 12.1 Å². The van der Waals surface area contributed by atoms with Crippen molar-refractivity contribution in [3.63, 3.8) is 0 Å². The highest BCUT2D eigenvalue weighted by Crippen LogP contribution is 2.28. The second-order valence-corrected chi connectivity index (χ2v) is 5.53. The fourth-order valence-corrected chi connectivity index (χ4v) is 2.35. The quantitative estimate of drug-likeness (QED) is 0.374. The van der Waals surface area contributed by atoms with E-state index in [4.69, 9.17) is 28.9 Å². The lowest BCUT2D eigenvalue weighted by molar-refractivity contribution is -0.140. The molecule has 1 aromatic carbocycles. The van der Waals surface area contributed by atoms with Crippen LogP contribution < -0.4 is 11.1 Å². The highest BCUT2D eigenvalue weighted by Gasteiger charge is 2.20. The molecule has 0 heterocycles. The van der Waals surface area contributed by atoms with Crippen molar-refractivity contribution in [1.82, 2.24) is 5.32 Å². The molecule has 0 aliphatic rings. The molecule has 126 valence electrons. The minimum Gasteiger partial charge on any atom is -0.478 e. The summed E-state index contributed by atoms with van der Waals surface area (Å²) in [6.45, 7) is 0.410. The number of halogens is 2. The third kappa shape index (κ3) is 6.09. The first-order chi connectivity index (χ1) is 10.9. The van der Waals surface area contributed by atoms with Crippen LogP contribution in [0.15, 0.2) is 30.0 Å². The largest absolute Gasteiger partial charge is 0.478 e. The number of nitrogens with one attached hydrogen (secondary N) is 1. The number of ether oxygens (including phenoxy) is 1. The molecule has 1 rings (SSSR count). The Bertz CT molecular complexity index is 605. The van der Waals surface area contributed by atoms with Gasteiger partial charge in [-0.05, 0) is 24.1 Å². The zero-order chi connectivity index (χ0) is 17.4. The zero-order valence-electron chi connectivity index (χ0n) is 12.5. The molecular weight excluding hydrogens is 343 g/mol. The summed E-state index contributed by atoms with van der Waals surface area (Å²) in [4.78, 5) is 22.3. The van der Waals surface area contributed by atoms with Crippen LogP contribution in [0.1, 0.15) is 24.4 Å². The first-order valence-electron chi connectivity index (χ1n) is 6.81. The molecule has 1 aromatic rings. The highest BCUT2D eigenvalue weighted by molar-refractivity contribution is 6.35. The number of nitrogens with two attached hydrogens (primary N) is 1. The van der Waals surface area contributed by atoms with Crippen LogP contribution in [0.25, 0.3) is 0 Å². The van der Waals surface area contributed by atoms with Crippen molar-refractivity contribution >= 4 is 35.1 Å². The molecule has 6 nitrogen and oxygen atoms in total. The Labute approximate surface area is 144 Å². The van der Waals surface area contributed by atoms with E-state index in [9.17, 15) is 14.7 Å². The Morgan fingerprint density at radius 2 is 2.13 bits per heavy atom. The van der Waals surface area contributed by atoms with Gasteiger partial charge in [0.05, 0.1) is 18.7 Å². The van der Waals surface area contributed by atoms with Crippen molar-refractivity contribution in [1.29, 1.82) is 0 Å². The maximum atomic E-state index is 11.4. The molecule has 0 amide bonds. The summed E-state index contributed by atoms with van der Waals surface area (Å²) in [6, 6.07) is 3.77. The Morgan fingerprint density at radius 1 is 1.43 bits per heavy atom. The van der Waals surface area contributed by atoms with E-state index in [0.29, 0.717) is 28.6 Å². The summed E-state index contributed by atoms with van der Waals surface area (Å²) in [6.07, 6.45) is 2.07. The average Bonchev–Trinajstić information content (AvgIpc) is 2.49. The molecule has 0 saturated carbocycles.